The third kappa shape index (κ3) is 7.90. The SMILES string of the molecule is C=C/N=C1\C(=C(/C)N2CC(Nc3cccc(-c4c(F)c(F)cc(N=C)c4N(C)CC(CC)CCC)n3)CC2C(=C)C)C=NN1C1CC=C(F)C=C1F. The van der Waals surface area contributed by atoms with Gasteiger partial charge in [0.1, 0.15) is 23.5 Å². The van der Waals surface area contributed by atoms with Gasteiger partial charge in [-0.15, -0.1) is 0 Å². The Kier molecular flexibility index (Phi) is 12.2. The highest BCUT2D eigenvalue weighted by Crippen LogP contribution is 2.42. The van der Waals surface area contributed by atoms with Gasteiger partial charge in [-0.25, -0.2) is 32.5 Å². The van der Waals surface area contributed by atoms with Crippen LogP contribution < -0.4 is 10.2 Å². The molecule has 3 heterocycles. The summed E-state index contributed by atoms with van der Waals surface area (Å²) in [4.78, 5) is 17.5. The van der Waals surface area contributed by atoms with Crippen molar-refractivity contribution in [2.45, 2.75) is 77.9 Å². The first-order valence-corrected chi connectivity index (χ1v) is 17.7. The quantitative estimate of drug-likeness (QED) is 0.120. The molecule has 1 aliphatic carbocycles. The summed E-state index contributed by atoms with van der Waals surface area (Å²) in [5, 5.41) is 9.45. The van der Waals surface area contributed by atoms with Gasteiger partial charge in [-0.3, -0.25) is 4.99 Å². The van der Waals surface area contributed by atoms with E-state index in [1.54, 1.807) is 24.4 Å². The summed E-state index contributed by atoms with van der Waals surface area (Å²) >= 11 is 0. The third-order valence-electron chi connectivity index (χ3n) is 9.99. The van der Waals surface area contributed by atoms with E-state index in [1.807, 2.05) is 25.8 Å². The molecule has 0 radical (unpaired) electrons. The van der Waals surface area contributed by atoms with Gasteiger partial charge in [0.05, 0.1) is 40.5 Å². The number of allylic oxidation sites excluding steroid dienone is 3. The van der Waals surface area contributed by atoms with Crippen molar-refractivity contribution in [2.75, 3.05) is 30.4 Å². The largest absolute Gasteiger partial charge is 0.372 e. The maximum Gasteiger partial charge on any atom is 0.170 e. The molecule has 8 nitrogen and oxygen atoms in total. The molecule has 1 saturated heterocycles. The number of pyridine rings is 1. The van der Waals surface area contributed by atoms with Crippen LogP contribution in [0, 0.1) is 17.6 Å². The third-order valence-corrected chi connectivity index (χ3v) is 9.99. The Labute approximate surface area is 304 Å². The Morgan fingerprint density at radius 2 is 1.96 bits per heavy atom. The van der Waals surface area contributed by atoms with Crippen LogP contribution >= 0.6 is 0 Å². The Morgan fingerprint density at radius 3 is 2.62 bits per heavy atom. The van der Waals surface area contributed by atoms with Crippen LogP contribution in [0.15, 0.2) is 99.4 Å². The number of benzene rings is 1. The lowest BCUT2D eigenvalue weighted by atomic mass is 9.98. The number of amidine groups is 1. The van der Waals surface area contributed by atoms with E-state index in [2.05, 4.69) is 59.0 Å². The van der Waals surface area contributed by atoms with Crippen LogP contribution in [0.4, 0.5) is 34.8 Å². The first-order valence-electron chi connectivity index (χ1n) is 17.7. The summed E-state index contributed by atoms with van der Waals surface area (Å²) in [6, 6.07) is 5.32. The number of hydrogen-bond donors (Lipinski definition) is 1. The van der Waals surface area contributed by atoms with Gasteiger partial charge in [0.2, 0.25) is 0 Å². The summed E-state index contributed by atoms with van der Waals surface area (Å²) in [6.07, 6.45) is 8.97. The van der Waals surface area contributed by atoms with Gasteiger partial charge < -0.3 is 15.1 Å². The van der Waals surface area contributed by atoms with Crippen LogP contribution in [-0.2, 0) is 0 Å². The van der Waals surface area contributed by atoms with Crippen molar-refractivity contribution in [3.05, 3.63) is 95.9 Å². The van der Waals surface area contributed by atoms with E-state index in [1.165, 1.54) is 17.3 Å². The van der Waals surface area contributed by atoms with Crippen LogP contribution in [0.5, 0.6) is 0 Å². The van der Waals surface area contributed by atoms with Crippen LogP contribution in [0.3, 0.4) is 0 Å². The molecule has 0 spiro atoms. The minimum Gasteiger partial charge on any atom is -0.372 e. The van der Waals surface area contributed by atoms with E-state index in [4.69, 9.17) is 4.98 Å². The summed E-state index contributed by atoms with van der Waals surface area (Å²) < 4.78 is 59.4. The van der Waals surface area contributed by atoms with Gasteiger partial charge in [0.25, 0.3) is 0 Å². The molecule has 1 aromatic heterocycles. The molecule has 4 atom stereocenters. The summed E-state index contributed by atoms with van der Waals surface area (Å²) in [6.45, 7) is 21.0. The molecule has 276 valence electrons. The van der Waals surface area contributed by atoms with E-state index >= 15 is 8.78 Å². The molecule has 0 bridgehead atoms. The van der Waals surface area contributed by atoms with Crippen molar-refractivity contribution in [1.82, 2.24) is 14.9 Å². The summed E-state index contributed by atoms with van der Waals surface area (Å²) in [5.41, 5.74) is 3.47. The van der Waals surface area contributed by atoms with Gasteiger partial charge >= 0.3 is 0 Å². The van der Waals surface area contributed by atoms with Gasteiger partial charge in [0.15, 0.2) is 17.5 Å². The van der Waals surface area contributed by atoms with Crippen LogP contribution in [0.1, 0.15) is 59.8 Å². The zero-order chi connectivity index (χ0) is 37.7. The van der Waals surface area contributed by atoms with Gasteiger partial charge in [0, 0.05) is 50.2 Å². The molecular weight excluding hydrogens is 668 g/mol. The highest BCUT2D eigenvalue weighted by Gasteiger charge is 2.38. The maximum atomic E-state index is 15.8. The number of nitrogens with zero attached hydrogens (tertiary/aromatic N) is 7. The molecule has 3 aliphatic rings. The van der Waals surface area contributed by atoms with Crippen molar-refractivity contribution in [3.63, 3.8) is 0 Å². The molecule has 2 aliphatic heterocycles. The van der Waals surface area contributed by atoms with E-state index in [9.17, 15) is 8.78 Å². The lowest BCUT2D eigenvalue weighted by Crippen LogP contribution is -2.37. The Hall–Kier alpha value is -5.00. The molecule has 52 heavy (non-hydrogen) atoms. The lowest BCUT2D eigenvalue weighted by molar-refractivity contribution is 0.318. The average Bonchev–Trinajstić information content (AvgIpc) is 3.73. The number of likely N-dealkylation sites (tertiary alicyclic amines) is 1. The van der Waals surface area contributed by atoms with Crippen LogP contribution in [-0.4, -0.2) is 71.9 Å². The second-order valence-electron chi connectivity index (χ2n) is 13.6. The Morgan fingerprint density at radius 1 is 1.19 bits per heavy atom. The summed E-state index contributed by atoms with van der Waals surface area (Å²) in [5.74, 6) is -1.99. The molecule has 12 heteroatoms. The number of hydrazone groups is 1. The van der Waals surface area contributed by atoms with E-state index in [0.29, 0.717) is 48.3 Å². The molecule has 4 unspecified atom stereocenters. The fourth-order valence-electron chi connectivity index (χ4n) is 7.35. The van der Waals surface area contributed by atoms with Crippen molar-refractivity contribution in [2.24, 2.45) is 21.0 Å². The monoisotopic (exact) mass is 716 g/mol. The minimum atomic E-state index is -1.02. The maximum absolute atomic E-state index is 15.8. The highest BCUT2D eigenvalue weighted by molar-refractivity contribution is 6.19. The van der Waals surface area contributed by atoms with Gasteiger partial charge in [-0.05, 0) is 64.0 Å². The predicted octanol–water partition coefficient (Wildman–Crippen LogP) is 9.65. The molecule has 1 N–H and O–H groups in total. The fraction of sp³-hybridized carbons (Fsp3) is 0.400. The number of nitrogens with one attached hydrogen (secondary N) is 1. The molecule has 1 aromatic carbocycles. The van der Waals surface area contributed by atoms with Crippen molar-refractivity contribution in [1.29, 1.82) is 0 Å². The first kappa shape index (κ1) is 38.2. The normalized spacial score (nSPS) is 22.3. The second-order valence-corrected chi connectivity index (χ2v) is 13.6. The molecule has 1 fully saturated rings. The zero-order valence-electron chi connectivity index (χ0n) is 30.6. The van der Waals surface area contributed by atoms with Gasteiger partial charge in [-0.2, -0.15) is 5.10 Å². The standard InChI is InChI=1S/C40H48F4N8/c1-9-13-26(10-2)22-50(8)39-33(45-7)20-31(43)38(44)37(39)32-14-12-15-36(49-32)48-28-19-35(24(4)5)51(23-28)25(6)29-21-47-52(40(29)46-11-3)34-17-16-27(41)18-30(34)42/h11-12,14-16,18,20-21,26,28,34-35H,3-4,7,9-10,13,17,19,22-23H2,1-2,5-6,8H3,(H,48,49)/b29-25+,46-40+. The van der Waals surface area contributed by atoms with E-state index in [0.717, 1.165) is 42.7 Å². The van der Waals surface area contributed by atoms with Crippen molar-refractivity contribution >= 4 is 36.0 Å². The zero-order valence-corrected chi connectivity index (χ0v) is 30.6. The van der Waals surface area contributed by atoms with Crippen molar-refractivity contribution < 1.29 is 17.6 Å². The van der Waals surface area contributed by atoms with E-state index < -0.39 is 29.3 Å². The number of anilines is 2. The number of rotatable bonds is 14. The van der Waals surface area contributed by atoms with Gasteiger partial charge in [-0.1, -0.05) is 51.5 Å². The minimum absolute atomic E-state index is 0.0370. The number of halogens is 4. The predicted molar refractivity (Wildman–Crippen MR) is 206 cm³/mol. The number of aromatic nitrogens is 1. The molecule has 5 rings (SSSR count). The Bertz CT molecular complexity index is 1860. The molecule has 0 amide bonds. The van der Waals surface area contributed by atoms with E-state index in [-0.39, 0.29) is 35.4 Å². The average molecular weight is 717 g/mol. The molecular formula is C40H48F4N8. The number of hydrogen-bond acceptors (Lipinski definition) is 7. The topological polar surface area (TPSA) is 71.7 Å². The second kappa shape index (κ2) is 16.6. The smallest absolute Gasteiger partial charge is 0.170 e. The van der Waals surface area contributed by atoms with Crippen LogP contribution in [0.25, 0.3) is 11.3 Å². The lowest BCUT2D eigenvalue weighted by Gasteiger charge is -2.30. The van der Waals surface area contributed by atoms with Crippen LogP contribution in [0.2, 0.25) is 0 Å². The highest BCUT2D eigenvalue weighted by atomic mass is 19.2. The fourth-order valence-corrected chi connectivity index (χ4v) is 7.35. The number of aliphatic imine (C=N–C) groups is 2. The molecule has 2 aromatic rings. The van der Waals surface area contributed by atoms with Crippen molar-refractivity contribution in [3.8, 4) is 11.3 Å². The Balaban J connectivity index is 1.43. The molecule has 0 saturated carbocycles. The summed E-state index contributed by atoms with van der Waals surface area (Å²) in [7, 11) is 1.87. The first-order chi connectivity index (χ1) is 24.9.